The van der Waals surface area contributed by atoms with Crippen molar-refractivity contribution in [3.63, 3.8) is 0 Å². The van der Waals surface area contributed by atoms with Crippen LogP contribution in [0.4, 0.5) is 5.82 Å². The molecule has 0 saturated heterocycles. The SMILES string of the molecule is COc1nccc(NCc2ccccc2O)n1. The second-order valence-corrected chi connectivity index (χ2v) is 3.41. The Labute approximate surface area is 99.1 Å². The van der Waals surface area contributed by atoms with Crippen LogP contribution < -0.4 is 10.1 Å². The molecule has 1 heterocycles. The van der Waals surface area contributed by atoms with Gasteiger partial charge in [0.2, 0.25) is 0 Å². The van der Waals surface area contributed by atoms with Gasteiger partial charge < -0.3 is 15.2 Å². The molecule has 0 spiro atoms. The van der Waals surface area contributed by atoms with E-state index in [9.17, 15) is 5.11 Å². The van der Waals surface area contributed by atoms with Gasteiger partial charge in [-0.3, -0.25) is 0 Å². The number of aromatic nitrogens is 2. The lowest BCUT2D eigenvalue weighted by Gasteiger charge is -2.07. The van der Waals surface area contributed by atoms with Gasteiger partial charge in [0, 0.05) is 18.3 Å². The minimum atomic E-state index is 0.265. The van der Waals surface area contributed by atoms with Crippen molar-refractivity contribution in [1.82, 2.24) is 9.97 Å². The second-order valence-electron chi connectivity index (χ2n) is 3.41. The van der Waals surface area contributed by atoms with Crippen molar-refractivity contribution in [3.05, 3.63) is 42.1 Å². The van der Waals surface area contributed by atoms with Gasteiger partial charge in [0.1, 0.15) is 11.6 Å². The molecule has 1 aromatic carbocycles. The van der Waals surface area contributed by atoms with Crippen LogP contribution in [0.25, 0.3) is 0 Å². The van der Waals surface area contributed by atoms with Crippen LogP contribution >= 0.6 is 0 Å². The van der Waals surface area contributed by atoms with E-state index in [0.717, 1.165) is 5.56 Å². The summed E-state index contributed by atoms with van der Waals surface area (Å²) in [6.07, 6.45) is 1.61. The number of ether oxygens (including phenoxy) is 1. The zero-order chi connectivity index (χ0) is 12.1. The minimum Gasteiger partial charge on any atom is -0.508 e. The Kier molecular flexibility index (Phi) is 3.40. The molecular weight excluding hydrogens is 218 g/mol. The fourth-order valence-electron chi connectivity index (χ4n) is 1.38. The molecule has 0 unspecified atom stereocenters. The topological polar surface area (TPSA) is 67.3 Å². The van der Waals surface area contributed by atoms with Crippen molar-refractivity contribution in [2.75, 3.05) is 12.4 Å². The van der Waals surface area contributed by atoms with Gasteiger partial charge in [-0.25, -0.2) is 4.98 Å². The highest BCUT2D eigenvalue weighted by Gasteiger charge is 2.01. The van der Waals surface area contributed by atoms with Gasteiger partial charge in [-0.2, -0.15) is 4.98 Å². The molecule has 5 heteroatoms. The molecule has 2 rings (SSSR count). The number of nitrogens with zero attached hydrogens (tertiary/aromatic N) is 2. The molecule has 0 aliphatic rings. The van der Waals surface area contributed by atoms with E-state index in [-0.39, 0.29) is 5.75 Å². The predicted octanol–water partition coefficient (Wildman–Crippen LogP) is 1.80. The first-order valence-electron chi connectivity index (χ1n) is 5.17. The summed E-state index contributed by atoms with van der Waals surface area (Å²) in [7, 11) is 1.52. The van der Waals surface area contributed by atoms with E-state index in [1.54, 1.807) is 24.4 Å². The van der Waals surface area contributed by atoms with E-state index >= 15 is 0 Å². The monoisotopic (exact) mass is 231 g/mol. The Bertz CT molecular complexity index is 503. The molecule has 2 aromatic rings. The molecule has 0 bridgehead atoms. The summed E-state index contributed by atoms with van der Waals surface area (Å²) in [4.78, 5) is 8.02. The van der Waals surface area contributed by atoms with Crippen LogP contribution in [0.15, 0.2) is 36.5 Å². The number of benzene rings is 1. The summed E-state index contributed by atoms with van der Waals surface area (Å²) in [6, 6.07) is 9.21. The fraction of sp³-hybridized carbons (Fsp3) is 0.167. The smallest absolute Gasteiger partial charge is 0.318 e. The van der Waals surface area contributed by atoms with Gasteiger partial charge in [-0.1, -0.05) is 18.2 Å². The number of rotatable bonds is 4. The maximum Gasteiger partial charge on any atom is 0.318 e. The third-order valence-corrected chi connectivity index (χ3v) is 2.27. The number of methoxy groups -OCH3 is 1. The summed E-state index contributed by atoms with van der Waals surface area (Å²) >= 11 is 0. The lowest BCUT2D eigenvalue weighted by Crippen LogP contribution is -2.03. The minimum absolute atomic E-state index is 0.265. The van der Waals surface area contributed by atoms with E-state index in [4.69, 9.17) is 4.74 Å². The van der Waals surface area contributed by atoms with E-state index in [0.29, 0.717) is 18.4 Å². The predicted molar refractivity (Wildman–Crippen MR) is 64.0 cm³/mol. The molecule has 1 aromatic heterocycles. The Morgan fingerprint density at radius 1 is 1.29 bits per heavy atom. The van der Waals surface area contributed by atoms with Gasteiger partial charge >= 0.3 is 6.01 Å². The van der Waals surface area contributed by atoms with E-state index in [1.807, 2.05) is 12.1 Å². The number of phenolic OH excluding ortho intramolecular Hbond substituents is 1. The molecule has 5 nitrogen and oxygen atoms in total. The molecule has 0 saturated carbocycles. The number of aromatic hydroxyl groups is 1. The van der Waals surface area contributed by atoms with Crippen molar-refractivity contribution >= 4 is 5.82 Å². The highest BCUT2D eigenvalue weighted by Crippen LogP contribution is 2.17. The Hall–Kier alpha value is -2.30. The summed E-state index contributed by atoms with van der Waals surface area (Å²) in [5.41, 5.74) is 0.810. The molecule has 0 fully saturated rings. The molecule has 17 heavy (non-hydrogen) atoms. The van der Waals surface area contributed by atoms with Crippen molar-refractivity contribution in [2.45, 2.75) is 6.54 Å². The van der Waals surface area contributed by atoms with Crippen molar-refractivity contribution in [3.8, 4) is 11.8 Å². The number of para-hydroxylation sites is 1. The number of phenols is 1. The second kappa shape index (κ2) is 5.16. The van der Waals surface area contributed by atoms with Gasteiger partial charge in [-0.05, 0) is 12.1 Å². The molecule has 0 radical (unpaired) electrons. The summed E-state index contributed by atoms with van der Waals surface area (Å²) < 4.78 is 4.92. The molecule has 0 aliphatic carbocycles. The van der Waals surface area contributed by atoms with Crippen LogP contribution in [0.5, 0.6) is 11.8 Å². The lowest BCUT2D eigenvalue weighted by molar-refractivity contribution is 0.380. The maximum atomic E-state index is 9.59. The summed E-state index contributed by atoms with van der Waals surface area (Å²) in [5.74, 6) is 0.918. The van der Waals surface area contributed by atoms with Crippen molar-refractivity contribution in [2.24, 2.45) is 0 Å². The third kappa shape index (κ3) is 2.84. The van der Waals surface area contributed by atoms with Crippen molar-refractivity contribution < 1.29 is 9.84 Å². The van der Waals surface area contributed by atoms with Crippen LogP contribution in [0, 0.1) is 0 Å². The summed E-state index contributed by atoms with van der Waals surface area (Å²) in [5, 5.41) is 12.7. The lowest BCUT2D eigenvalue weighted by atomic mass is 10.2. The fourth-order valence-corrected chi connectivity index (χ4v) is 1.38. The zero-order valence-electron chi connectivity index (χ0n) is 9.42. The Morgan fingerprint density at radius 2 is 2.12 bits per heavy atom. The first-order chi connectivity index (χ1) is 8.29. The van der Waals surface area contributed by atoms with Gasteiger partial charge in [0.05, 0.1) is 7.11 Å². The normalized spacial score (nSPS) is 9.94. The highest BCUT2D eigenvalue weighted by molar-refractivity contribution is 5.39. The first-order valence-corrected chi connectivity index (χ1v) is 5.17. The average molecular weight is 231 g/mol. The maximum absolute atomic E-state index is 9.59. The quantitative estimate of drug-likeness (QED) is 0.839. The number of anilines is 1. The van der Waals surface area contributed by atoms with Gasteiger partial charge in [-0.15, -0.1) is 0 Å². The molecule has 0 amide bonds. The number of hydrogen-bond acceptors (Lipinski definition) is 5. The van der Waals surface area contributed by atoms with E-state index in [2.05, 4.69) is 15.3 Å². The van der Waals surface area contributed by atoms with E-state index in [1.165, 1.54) is 7.11 Å². The standard InChI is InChI=1S/C12H13N3O2/c1-17-12-13-7-6-11(15-12)14-8-9-4-2-3-5-10(9)16/h2-7,16H,8H2,1H3,(H,13,14,15). The van der Waals surface area contributed by atoms with Gasteiger partial charge in [0.25, 0.3) is 0 Å². The Morgan fingerprint density at radius 3 is 2.88 bits per heavy atom. The van der Waals surface area contributed by atoms with Crippen LogP contribution in [-0.2, 0) is 6.54 Å². The molecular formula is C12H13N3O2. The first kappa shape index (κ1) is 11.2. The van der Waals surface area contributed by atoms with E-state index < -0.39 is 0 Å². The molecule has 2 N–H and O–H groups in total. The zero-order valence-corrected chi connectivity index (χ0v) is 9.42. The number of hydrogen-bond donors (Lipinski definition) is 2. The summed E-state index contributed by atoms with van der Waals surface area (Å²) in [6.45, 7) is 0.493. The van der Waals surface area contributed by atoms with Crippen molar-refractivity contribution in [1.29, 1.82) is 0 Å². The molecule has 88 valence electrons. The molecule has 0 aliphatic heterocycles. The highest BCUT2D eigenvalue weighted by atomic mass is 16.5. The third-order valence-electron chi connectivity index (χ3n) is 2.27. The number of nitrogens with one attached hydrogen (secondary N) is 1. The van der Waals surface area contributed by atoms with Gasteiger partial charge in [0.15, 0.2) is 0 Å². The van der Waals surface area contributed by atoms with Crippen LogP contribution in [-0.4, -0.2) is 22.2 Å². The Balaban J connectivity index is 2.05. The largest absolute Gasteiger partial charge is 0.508 e. The molecule has 0 atom stereocenters. The van der Waals surface area contributed by atoms with Crippen LogP contribution in [0.3, 0.4) is 0 Å². The van der Waals surface area contributed by atoms with Crippen LogP contribution in [0.1, 0.15) is 5.56 Å². The average Bonchev–Trinajstić information content (AvgIpc) is 2.38. The van der Waals surface area contributed by atoms with Crippen LogP contribution in [0.2, 0.25) is 0 Å².